The van der Waals surface area contributed by atoms with Gasteiger partial charge in [-0.05, 0) is 18.1 Å². The number of hydrogen-bond donors (Lipinski definition) is 1. The first-order valence-electron chi connectivity index (χ1n) is 6.80. The summed E-state index contributed by atoms with van der Waals surface area (Å²) < 4.78 is 5.23. The number of nitrogens with zero attached hydrogens (tertiary/aromatic N) is 1. The van der Waals surface area contributed by atoms with Crippen molar-refractivity contribution in [3.05, 3.63) is 59.1 Å². The van der Waals surface area contributed by atoms with Crippen molar-refractivity contribution >= 4 is 17.5 Å². The fourth-order valence-corrected chi connectivity index (χ4v) is 2.70. The number of nitrogen functional groups attached to an aromatic ring is 1. The zero-order valence-electron chi connectivity index (χ0n) is 11.6. The Kier molecular flexibility index (Phi) is 3.67. The summed E-state index contributed by atoms with van der Waals surface area (Å²) in [7, 11) is 0. The molecule has 0 saturated carbocycles. The molecule has 0 unspecified atom stereocenters. The summed E-state index contributed by atoms with van der Waals surface area (Å²) in [6, 6.07) is 15.7. The van der Waals surface area contributed by atoms with Crippen LogP contribution in [0.1, 0.15) is 12.5 Å². The van der Waals surface area contributed by atoms with E-state index >= 15 is 0 Å². The van der Waals surface area contributed by atoms with Crippen LogP contribution in [0, 0.1) is 0 Å². The van der Waals surface area contributed by atoms with Gasteiger partial charge in [-0.1, -0.05) is 66.1 Å². The molecule has 3 rings (SSSR count). The maximum atomic E-state index is 6.30. The largest absolute Gasteiger partial charge is 0.367 e. The Morgan fingerprint density at radius 2 is 1.71 bits per heavy atom. The number of halogens is 1. The molecule has 2 aromatic carbocycles. The number of nitrogens with two attached hydrogens (primary N) is 1. The Morgan fingerprint density at radius 1 is 1.05 bits per heavy atom. The van der Waals surface area contributed by atoms with E-state index in [0.29, 0.717) is 5.02 Å². The van der Waals surface area contributed by atoms with Gasteiger partial charge in [0.1, 0.15) is 5.69 Å². The number of rotatable bonds is 3. The monoisotopic (exact) mass is 298 g/mol. The van der Waals surface area contributed by atoms with Crippen LogP contribution >= 0.6 is 11.6 Å². The SMILES string of the molecule is CCc1ccccc1-c1noc(N)c1-c1ccccc1Cl. The second-order valence-electron chi connectivity index (χ2n) is 4.76. The Bertz CT molecular complexity index is 780. The van der Waals surface area contributed by atoms with E-state index in [0.717, 1.165) is 28.8 Å². The highest BCUT2D eigenvalue weighted by Gasteiger charge is 2.20. The number of aryl methyl sites for hydroxylation is 1. The van der Waals surface area contributed by atoms with E-state index in [9.17, 15) is 0 Å². The Hall–Kier alpha value is -2.26. The lowest BCUT2D eigenvalue weighted by molar-refractivity contribution is 0.439. The third-order valence-electron chi connectivity index (χ3n) is 3.52. The summed E-state index contributed by atoms with van der Waals surface area (Å²) in [5, 5.41) is 4.78. The van der Waals surface area contributed by atoms with Gasteiger partial charge in [-0.25, -0.2) is 0 Å². The Morgan fingerprint density at radius 3 is 2.43 bits per heavy atom. The first-order chi connectivity index (χ1) is 10.2. The van der Waals surface area contributed by atoms with Crippen LogP contribution in [0.2, 0.25) is 5.02 Å². The molecule has 3 aromatic rings. The van der Waals surface area contributed by atoms with Crippen molar-refractivity contribution in [3.63, 3.8) is 0 Å². The molecule has 0 atom stereocenters. The van der Waals surface area contributed by atoms with E-state index in [2.05, 4.69) is 18.1 Å². The fourth-order valence-electron chi connectivity index (χ4n) is 2.47. The highest BCUT2D eigenvalue weighted by molar-refractivity contribution is 6.33. The second kappa shape index (κ2) is 5.62. The lowest BCUT2D eigenvalue weighted by Crippen LogP contribution is -1.91. The molecule has 3 nitrogen and oxygen atoms in total. The molecule has 21 heavy (non-hydrogen) atoms. The third-order valence-corrected chi connectivity index (χ3v) is 3.84. The second-order valence-corrected chi connectivity index (χ2v) is 5.17. The zero-order valence-corrected chi connectivity index (χ0v) is 12.4. The minimum absolute atomic E-state index is 0.281. The molecule has 0 aliphatic heterocycles. The molecule has 0 amide bonds. The Balaban J connectivity index is 2.25. The van der Waals surface area contributed by atoms with Gasteiger partial charge in [0.2, 0.25) is 5.88 Å². The number of hydrogen-bond acceptors (Lipinski definition) is 3. The van der Waals surface area contributed by atoms with Crippen LogP contribution in [-0.4, -0.2) is 5.16 Å². The van der Waals surface area contributed by atoms with E-state index in [1.54, 1.807) is 0 Å². The topological polar surface area (TPSA) is 52.0 Å². The average Bonchev–Trinajstić information content (AvgIpc) is 2.89. The molecule has 0 radical (unpaired) electrons. The minimum atomic E-state index is 0.281. The van der Waals surface area contributed by atoms with Crippen LogP contribution in [0.4, 0.5) is 5.88 Å². The zero-order chi connectivity index (χ0) is 14.8. The molecule has 4 heteroatoms. The molecule has 0 fully saturated rings. The van der Waals surface area contributed by atoms with Gasteiger partial charge in [-0.3, -0.25) is 0 Å². The summed E-state index contributed by atoms with van der Waals surface area (Å²) in [5.74, 6) is 0.281. The van der Waals surface area contributed by atoms with Crippen LogP contribution in [0.15, 0.2) is 53.1 Å². The molecule has 0 aliphatic carbocycles. The number of anilines is 1. The molecular formula is C17H15ClN2O. The summed E-state index contributed by atoms with van der Waals surface area (Å²) in [4.78, 5) is 0. The van der Waals surface area contributed by atoms with Crippen LogP contribution in [0.25, 0.3) is 22.4 Å². The molecule has 0 saturated heterocycles. The molecule has 0 spiro atoms. The van der Waals surface area contributed by atoms with Gasteiger partial charge >= 0.3 is 0 Å². The average molecular weight is 299 g/mol. The third kappa shape index (κ3) is 2.41. The van der Waals surface area contributed by atoms with E-state index in [1.165, 1.54) is 5.56 Å². The quantitative estimate of drug-likeness (QED) is 0.755. The van der Waals surface area contributed by atoms with Gasteiger partial charge in [0.05, 0.1) is 5.56 Å². The lowest BCUT2D eigenvalue weighted by Gasteiger charge is -2.08. The van der Waals surface area contributed by atoms with Crippen molar-refractivity contribution in [2.45, 2.75) is 13.3 Å². The van der Waals surface area contributed by atoms with Crippen LogP contribution in [0.5, 0.6) is 0 Å². The van der Waals surface area contributed by atoms with Crippen molar-refractivity contribution < 1.29 is 4.52 Å². The first kappa shape index (κ1) is 13.7. The minimum Gasteiger partial charge on any atom is -0.367 e. The maximum absolute atomic E-state index is 6.30. The van der Waals surface area contributed by atoms with Crippen molar-refractivity contribution in [2.75, 3.05) is 5.73 Å². The van der Waals surface area contributed by atoms with Crippen LogP contribution < -0.4 is 5.73 Å². The summed E-state index contributed by atoms with van der Waals surface area (Å²) in [6.07, 6.45) is 0.908. The summed E-state index contributed by atoms with van der Waals surface area (Å²) >= 11 is 6.30. The van der Waals surface area contributed by atoms with Gasteiger partial charge < -0.3 is 10.3 Å². The smallest absolute Gasteiger partial charge is 0.230 e. The predicted molar refractivity (Wildman–Crippen MR) is 86.2 cm³/mol. The van der Waals surface area contributed by atoms with E-state index in [1.807, 2.05) is 42.5 Å². The normalized spacial score (nSPS) is 10.8. The van der Waals surface area contributed by atoms with Gasteiger partial charge in [0.25, 0.3) is 0 Å². The summed E-state index contributed by atoms with van der Waals surface area (Å²) in [5.41, 5.74) is 10.5. The van der Waals surface area contributed by atoms with E-state index < -0.39 is 0 Å². The fraction of sp³-hybridized carbons (Fsp3) is 0.118. The first-order valence-corrected chi connectivity index (χ1v) is 7.18. The number of aromatic nitrogens is 1. The van der Waals surface area contributed by atoms with Crippen LogP contribution in [-0.2, 0) is 6.42 Å². The van der Waals surface area contributed by atoms with Gasteiger partial charge in [-0.2, -0.15) is 0 Å². The molecule has 0 aliphatic rings. The van der Waals surface area contributed by atoms with Gasteiger partial charge in [0, 0.05) is 16.1 Å². The highest BCUT2D eigenvalue weighted by atomic mass is 35.5. The predicted octanol–water partition coefficient (Wildman–Crippen LogP) is 4.81. The van der Waals surface area contributed by atoms with Crippen LogP contribution in [0.3, 0.4) is 0 Å². The molecule has 106 valence electrons. The maximum Gasteiger partial charge on any atom is 0.230 e. The Labute approximate surface area is 128 Å². The molecule has 2 N–H and O–H groups in total. The summed E-state index contributed by atoms with van der Waals surface area (Å²) in [6.45, 7) is 2.11. The molecule has 0 bridgehead atoms. The van der Waals surface area contributed by atoms with Crippen molar-refractivity contribution in [3.8, 4) is 22.4 Å². The standard InChI is InChI=1S/C17H15ClN2O/c1-2-11-7-3-4-8-12(11)16-15(17(19)21-20-16)13-9-5-6-10-14(13)18/h3-10H,2,19H2,1H3. The van der Waals surface area contributed by atoms with E-state index in [4.69, 9.17) is 21.9 Å². The molecule has 1 aromatic heterocycles. The highest BCUT2D eigenvalue weighted by Crippen LogP contribution is 2.40. The van der Waals surface area contributed by atoms with Crippen molar-refractivity contribution in [1.29, 1.82) is 0 Å². The van der Waals surface area contributed by atoms with Gasteiger partial charge in [0.15, 0.2) is 0 Å². The molecule has 1 heterocycles. The van der Waals surface area contributed by atoms with Crippen molar-refractivity contribution in [1.82, 2.24) is 5.16 Å². The molecular weight excluding hydrogens is 284 g/mol. The lowest BCUT2D eigenvalue weighted by atomic mass is 9.96. The van der Waals surface area contributed by atoms with E-state index in [-0.39, 0.29) is 5.88 Å². The van der Waals surface area contributed by atoms with Crippen molar-refractivity contribution in [2.24, 2.45) is 0 Å². The number of benzene rings is 2. The van der Waals surface area contributed by atoms with Gasteiger partial charge in [-0.15, -0.1) is 0 Å².